The topological polar surface area (TPSA) is 43.4 Å². The normalized spacial score (nSPS) is 29.8. The largest absolute Gasteiger partial charge is 0.365 e. The van der Waals surface area contributed by atoms with Crippen molar-refractivity contribution in [2.45, 2.75) is 13.8 Å². The lowest BCUT2D eigenvalue weighted by Gasteiger charge is -2.28. The van der Waals surface area contributed by atoms with E-state index in [0.29, 0.717) is 6.61 Å². The molecule has 1 rings (SSSR count). The molecule has 1 heterocycles. The van der Waals surface area contributed by atoms with E-state index < -0.39 is 9.84 Å². The van der Waals surface area contributed by atoms with Crippen molar-refractivity contribution in [2.75, 3.05) is 18.3 Å². The summed E-state index contributed by atoms with van der Waals surface area (Å²) >= 11 is 0. The molecule has 0 aromatic rings. The zero-order chi connectivity index (χ0) is 7.83. The molecule has 1 saturated heterocycles. The Morgan fingerprint density at radius 1 is 1.40 bits per heavy atom. The summed E-state index contributed by atoms with van der Waals surface area (Å²) in [5, 5.41) is 0. The van der Waals surface area contributed by atoms with Crippen LogP contribution in [0.1, 0.15) is 13.8 Å². The van der Waals surface area contributed by atoms with Crippen LogP contribution in [0.5, 0.6) is 0 Å². The predicted molar refractivity (Wildman–Crippen MR) is 38.4 cm³/mol. The molecule has 1 aliphatic heterocycles. The third-order valence-electron chi connectivity index (χ3n) is 1.37. The van der Waals surface area contributed by atoms with E-state index >= 15 is 0 Å². The number of hydrogen-bond acceptors (Lipinski definition) is 3. The average Bonchev–Trinajstić information content (AvgIpc) is 1.56. The van der Waals surface area contributed by atoms with Crippen molar-refractivity contribution in [2.24, 2.45) is 5.41 Å². The van der Waals surface area contributed by atoms with Gasteiger partial charge in [-0.05, 0) is 0 Å². The van der Waals surface area contributed by atoms with Gasteiger partial charge in [0.05, 0.1) is 12.4 Å². The maximum atomic E-state index is 10.9. The van der Waals surface area contributed by atoms with Crippen LogP contribution >= 0.6 is 0 Å². The van der Waals surface area contributed by atoms with E-state index in [0.717, 1.165) is 0 Å². The van der Waals surface area contributed by atoms with Gasteiger partial charge in [0.1, 0.15) is 5.94 Å². The fraction of sp³-hybridized carbons (Fsp3) is 1.00. The first-order valence-electron chi connectivity index (χ1n) is 3.20. The smallest absolute Gasteiger partial charge is 0.174 e. The van der Waals surface area contributed by atoms with Crippen molar-refractivity contribution in [3.05, 3.63) is 0 Å². The molecule has 0 bridgehead atoms. The van der Waals surface area contributed by atoms with Gasteiger partial charge < -0.3 is 4.74 Å². The Bertz CT molecular complexity index is 215. The summed E-state index contributed by atoms with van der Waals surface area (Å²) in [7, 11) is -2.91. The first kappa shape index (κ1) is 8.01. The third kappa shape index (κ3) is 1.95. The molecule has 0 unspecified atom stereocenters. The first-order chi connectivity index (χ1) is 4.41. The van der Waals surface area contributed by atoms with Crippen molar-refractivity contribution in [1.29, 1.82) is 0 Å². The van der Waals surface area contributed by atoms with Crippen molar-refractivity contribution < 1.29 is 13.2 Å². The first-order valence-corrected chi connectivity index (χ1v) is 5.02. The highest BCUT2D eigenvalue weighted by Gasteiger charge is 2.31. The van der Waals surface area contributed by atoms with Gasteiger partial charge in [-0.25, -0.2) is 8.42 Å². The monoisotopic (exact) mass is 164 g/mol. The van der Waals surface area contributed by atoms with Crippen LogP contribution in [-0.2, 0) is 14.6 Å². The second kappa shape index (κ2) is 2.20. The Balaban J connectivity index is 2.75. The van der Waals surface area contributed by atoms with Crippen LogP contribution in [0.15, 0.2) is 0 Å². The summed E-state index contributed by atoms with van der Waals surface area (Å²) in [6.07, 6.45) is 0. The molecule has 0 saturated carbocycles. The lowest BCUT2D eigenvalue weighted by molar-refractivity contribution is 0.0883. The molecule has 0 aromatic heterocycles. The minimum atomic E-state index is -2.91. The second-order valence-corrected chi connectivity index (χ2v) is 5.53. The second-order valence-electron chi connectivity index (χ2n) is 3.52. The molecule has 0 aromatic carbocycles. The van der Waals surface area contributed by atoms with Gasteiger partial charge >= 0.3 is 0 Å². The van der Waals surface area contributed by atoms with Crippen LogP contribution in [0.2, 0.25) is 0 Å². The Morgan fingerprint density at radius 3 is 2.30 bits per heavy atom. The van der Waals surface area contributed by atoms with Crippen molar-refractivity contribution in [3.8, 4) is 0 Å². The molecule has 0 N–H and O–H groups in total. The highest BCUT2D eigenvalue weighted by atomic mass is 32.2. The van der Waals surface area contributed by atoms with Crippen molar-refractivity contribution in [3.63, 3.8) is 0 Å². The van der Waals surface area contributed by atoms with Crippen molar-refractivity contribution >= 4 is 9.84 Å². The van der Waals surface area contributed by atoms with E-state index in [4.69, 9.17) is 4.74 Å². The molecule has 1 aliphatic rings. The molecule has 1 fully saturated rings. The molecule has 0 radical (unpaired) electrons. The van der Waals surface area contributed by atoms with E-state index in [1.807, 2.05) is 13.8 Å². The Hall–Kier alpha value is -0.0900. The molecule has 0 atom stereocenters. The van der Waals surface area contributed by atoms with Crippen LogP contribution in [0.25, 0.3) is 0 Å². The minimum Gasteiger partial charge on any atom is -0.365 e. The summed E-state index contributed by atoms with van der Waals surface area (Å²) in [5.74, 6) is 0.149. The highest BCUT2D eigenvalue weighted by Crippen LogP contribution is 2.22. The van der Waals surface area contributed by atoms with Gasteiger partial charge in [0.25, 0.3) is 0 Å². The van der Waals surface area contributed by atoms with Crippen LogP contribution in [0.4, 0.5) is 0 Å². The molecule has 3 nitrogen and oxygen atoms in total. The zero-order valence-corrected chi connectivity index (χ0v) is 7.07. The molecular weight excluding hydrogens is 152 g/mol. The number of sulfone groups is 1. The third-order valence-corrected chi connectivity index (χ3v) is 3.11. The van der Waals surface area contributed by atoms with Crippen LogP contribution in [0, 0.1) is 5.41 Å². The van der Waals surface area contributed by atoms with Gasteiger partial charge in [-0.2, -0.15) is 0 Å². The molecule has 0 spiro atoms. The molecule has 60 valence electrons. The molecule has 0 aliphatic carbocycles. The highest BCUT2D eigenvalue weighted by molar-refractivity contribution is 7.91. The fourth-order valence-corrected chi connectivity index (χ4v) is 2.82. The zero-order valence-electron chi connectivity index (χ0n) is 6.25. The quantitative estimate of drug-likeness (QED) is 0.521. The Kier molecular flexibility index (Phi) is 1.76. The number of ether oxygens (including phenoxy) is 1. The van der Waals surface area contributed by atoms with Gasteiger partial charge in [0.2, 0.25) is 0 Å². The Morgan fingerprint density at radius 2 is 2.00 bits per heavy atom. The summed E-state index contributed by atoms with van der Waals surface area (Å²) < 4.78 is 26.8. The summed E-state index contributed by atoms with van der Waals surface area (Å²) in [6, 6.07) is 0. The summed E-state index contributed by atoms with van der Waals surface area (Å²) in [5.41, 5.74) is -0.197. The van der Waals surface area contributed by atoms with E-state index in [2.05, 4.69) is 0 Å². The van der Waals surface area contributed by atoms with Crippen LogP contribution in [0.3, 0.4) is 0 Å². The maximum absolute atomic E-state index is 10.9. The SMILES string of the molecule is CC1(C)COCS(=O)(=O)C1. The van der Waals surface area contributed by atoms with Crippen LogP contribution in [-0.4, -0.2) is 26.7 Å². The molecule has 10 heavy (non-hydrogen) atoms. The van der Waals surface area contributed by atoms with Crippen molar-refractivity contribution in [1.82, 2.24) is 0 Å². The molecular formula is C6H12O3S. The van der Waals surface area contributed by atoms with Gasteiger partial charge in [-0.1, -0.05) is 13.8 Å². The van der Waals surface area contributed by atoms with E-state index in [1.165, 1.54) is 0 Å². The van der Waals surface area contributed by atoms with E-state index in [9.17, 15) is 8.42 Å². The lowest BCUT2D eigenvalue weighted by atomic mass is 9.98. The fourth-order valence-electron chi connectivity index (χ4n) is 1.12. The average molecular weight is 164 g/mol. The maximum Gasteiger partial charge on any atom is 0.174 e. The van der Waals surface area contributed by atoms with Gasteiger partial charge in [-0.15, -0.1) is 0 Å². The lowest BCUT2D eigenvalue weighted by Crippen LogP contribution is -2.36. The standard InChI is InChI=1S/C6H12O3S/c1-6(2)3-9-5-10(7,8)4-6/h3-5H2,1-2H3. The predicted octanol–water partition coefficient (Wildman–Crippen LogP) is 0.415. The summed E-state index contributed by atoms with van der Waals surface area (Å²) in [4.78, 5) is 0. The number of rotatable bonds is 0. The van der Waals surface area contributed by atoms with Gasteiger partial charge in [-0.3, -0.25) is 0 Å². The van der Waals surface area contributed by atoms with Gasteiger partial charge in [0.15, 0.2) is 9.84 Å². The van der Waals surface area contributed by atoms with E-state index in [1.54, 1.807) is 0 Å². The van der Waals surface area contributed by atoms with Gasteiger partial charge in [0, 0.05) is 5.41 Å². The minimum absolute atomic E-state index is 0.101. The number of hydrogen-bond donors (Lipinski definition) is 0. The van der Waals surface area contributed by atoms with Crippen LogP contribution < -0.4 is 0 Å². The Labute approximate surface area is 61.3 Å². The van der Waals surface area contributed by atoms with E-state index in [-0.39, 0.29) is 17.1 Å². The molecule has 4 heteroatoms. The molecule has 0 amide bonds. The summed E-state index contributed by atoms with van der Waals surface area (Å²) in [6.45, 7) is 4.33.